The molecular weight excluding hydrogens is 546 g/mol. The van der Waals surface area contributed by atoms with E-state index in [-0.39, 0.29) is 17.3 Å². The molecule has 0 spiro atoms. The van der Waals surface area contributed by atoms with Crippen LogP contribution in [0, 0.1) is 18.1 Å². The fourth-order valence-electron chi connectivity index (χ4n) is 6.93. The average Bonchev–Trinajstić information content (AvgIpc) is 3.76. The van der Waals surface area contributed by atoms with Gasteiger partial charge in [0.1, 0.15) is 37.9 Å². The molecule has 209 valence electrons. The molecule has 3 radical (unpaired) electrons. The van der Waals surface area contributed by atoms with E-state index in [0.29, 0.717) is 104 Å². The first-order valence-electron chi connectivity index (χ1n) is 14.1. The molecule has 0 unspecified atom stereocenters. The summed E-state index contributed by atoms with van der Waals surface area (Å²) in [7, 11) is 0. The number of ketones is 3. The van der Waals surface area contributed by atoms with Crippen molar-refractivity contribution in [1.82, 2.24) is 0 Å². The minimum absolute atomic E-state index is 0.269. The van der Waals surface area contributed by atoms with Gasteiger partial charge in [0.15, 0.2) is 17.3 Å². The summed E-state index contributed by atoms with van der Waals surface area (Å²) >= 11 is 0. The number of hydrogen-bond acceptors (Lipinski definition) is 9. The highest BCUT2D eigenvalue weighted by molar-refractivity contribution is 6.27. The Morgan fingerprint density at radius 3 is 0.953 bits per heavy atom. The molecule has 3 aromatic rings. The fraction of sp³-hybridized carbons (Fsp3) is 0.206. The summed E-state index contributed by atoms with van der Waals surface area (Å²) in [6, 6.07) is 13.0. The summed E-state index contributed by atoms with van der Waals surface area (Å²) in [6.45, 7) is 6.62. The first kappa shape index (κ1) is 24.7. The lowest BCUT2D eigenvalue weighted by Gasteiger charge is -2.39. The molecule has 43 heavy (non-hydrogen) atoms. The Hall–Kier alpha value is -4.92. The fourth-order valence-corrected chi connectivity index (χ4v) is 6.93. The van der Waals surface area contributed by atoms with Crippen molar-refractivity contribution < 1.29 is 28.6 Å². The van der Waals surface area contributed by atoms with Crippen LogP contribution in [0.2, 0.25) is 0 Å². The standard InChI is InChI=1S/C34H22N3O6/c1-13-10-41-32(35-13)16-4-19-25-20(5-16)30(39)22-7-18(34-37-15(3)12-43-34)9-24-27(22)28(25)26-21(29(19)38)6-17(8-23(26)31(24)40)33-36-14(2)11-42-33/h4-9,28H,10-12H2,1-3H3. The van der Waals surface area contributed by atoms with Gasteiger partial charge in [0.25, 0.3) is 0 Å². The molecule has 0 atom stereocenters. The van der Waals surface area contributed by atoms with Crippen molar-refractivity contribution in [2.75, 3.05) is 19.8 Å². The third-order valence-electron chi connectivity index (χ3n) is 8.75. The molecule has 0 amide bonds. The van der Waals surface area contributed by atoms with E-state index >= 15 is 0 Å². The van der Waals surface area contributed by atoms with E-state index in [1.165, 1.54) is 0 Å². The summed E-state index contributed by atoms with van der Waals surface area (Å²) in [4.78, 5) is 56.6. The van der Waals surface area contributed by atoms with E-state index in [1.807, 2.05) is 20.8 Å². The van der Waals surface area contributed by atoms with Crippen LogP contribution in [0.25, 0.3) is 0 Å². The van der Waals surface area contributed by atoms with Crippen LogP contribution in [-0.2, 0) is 14.2 Å². The quantitative estimate of drug-likeness (QED) is 0.311. The zero-order valence-corrected chi connectivity index (χ0v) is 23.5. The first-order chi connectivity index (χ1) is 20.8. The van der Waals surface area contributed by atoms with Gasteiger partial charge in [-0.15, -0.1) is 0 Å². The van der Waals surface area contributed by atoms with Crippen molar-refractivity contribution in [3.05, 3.63) is 121 Å². The zero-order chi connectivity index (χ0) is 29.3. The van der Waals surface area contributed by atoms with E-state index in [4.69, 9.17) is 14.2 Å². The van der Waals surface area contributed by atoms with E-state index in [2.05, 4.69) is 15.0 Å². The van der Waals surface area contributed by atoms with Crippen LogP contribution >= 0.6 is 0 Å². The Morgan fingerprint density at radius 1 is 0.488 bits per heavy atom. The molecule has 3 heterocycles. The van der Waals surface area contributed by atoms with Crippen molar-refractivity contribution in [2.24, 2.45) is 15.0 Å². The van der Waals surface area contributed by atoms with E-state index in [1.54, 1.807) is 36.4 Å². The summed E-state index contributed by atoms with van der Waals surface area (Å²) < 4.78 is 17.4. The average molecular weight is 569 g/mol. The summed E-state index contributed by atoms with van der Waals surface area (Å²) in [5.74, 6) is -0.174. The minimum Gasteiger partial charge on any atom is -0.475 e. The highest BCUT2D eigenvalue weighted by Gasteiger charge is 2.48. The highest BCUT2D eigenvalue weighted by atomic mass is 16.5. The Kier molecular flexibility index (Phi) is 4.78. The highest BCUT2D eigenvalue weighted by Crippen LogP contribution is 2.53. The van der Waals surface area contributed by atoms with Crippen molar-refractivity contribution in [1.29, 1.82) is 0 Å². The Morgan fingerprint density at radius 2 is 0.744 bits per heavy atom. The molecule has 0 fully saturated rings. The summed E-state index contributed by atoms with van der Waals surface area (Å²) in [5, 5.41) is 0. The third-order valence-corrected chi connectivity index (χ3v) is 8.75. The second-order valence-electron chi connectivity index (χ2n) is 11.7. The van der Waals surface area contributed by atoms with Gasteiger partial charge in [0.2, 0.25) is 17.7 Å². The maximum absolute atomic E-state index is 14.3. The number of rotatable bonds is 3. The molecule has 9 nitrogen and oxygen atoms in total. The number of hydrogen-bond donors (Lipinski definition) is 0. The largest absolute Gasteiger partial charge is 0.475 e. The van der Waals surface area contributed by atoms with Gasteiger partial charge in [-0.05, 0) is 73.9 Å². The first-order valence-corrected chi connectivity index (χ1v) is 14.1. The Bertz CT molecular complexity index is 1690. The van der Waals surface area contributed by atoms with Crippen LogP contribution < -0.4 is 0 Å². The number of benzene rings is 3. The minimum atomic E-state index is -0.482. The molecule has 0 N–H and O–H groups in total. The second-order valence-corrected chi connectivity index (χ2v) is 11.7. The van der Waals surface area contributed by atoms with Gasteiger partial charge in [0, 0.05) is 56.0 Å². The van der Waals surface area contributed by atoms with Gasteiger partial charge in [-0.25, -0.2) is 15.0 Å². The van der Waals surface area contributed by atoms with Gasteiger partial charge >= 0.3 is 0 Å². The Labute approximate surface area is 246 Å². The normalized spacial score (nSPS) is 20.4. The van der Waals surface area contributed by atoms with E-state index in [9.17, 15) is 14.4 Å². The van der Waals surface area contributed by atoms with Crippen LogP contribution in [0.1, 0.15) is 108 Å². The predicted octanol–water partition coefficient (Wildman–Crippen LogP) is 4.49. The summed E-state index contributed by atoms with van der Waals surface area (Å²) in [5.41, 5.74) is 5.93. The molecular formula is C34H22N3O6. The molecule has 0 saturated carbocycles. The molecule has 3 aliphatic heterocycles. The van der Waals surface area contributed by atoms with Crippen LogP contribution in [0.5, 0.6) is 0 Å². The lowest BCUT2D eigenvalue weighted by atomic mass is 9.61. The SMILES string of the molecule is C[C]1COC(c2cc3c4c(c2)C(=O)c2cc(C5=N[C](C)CO5)cc5c2C4c2c(cc(C4=N[C](C)CO4)cc2C5=O)C3=O)=N1. The van der Waals surface area contributed by atoms with Crippen LogP contribution in [0.15, 0.2) is 51.4 Å². The lowest BCUT2D eigenvalue weighted by Crippen LogP contribution is -2.35. The molecule has 9 rings (SSSR count). The van der Waals surface area contributed by atoms with Gasteiger partial charge < -0.3 is 14.2 Å². The molecule has 6 aliphatic rings. The number of nitrogens with zero attached hydrogens (tertiary/aromatic N) is 3. The maximum Gasteiger partial charge on any atom is 0.216 e. The molecule has 0 aromatic heterocycles. The van der Waals surface area contributed by atoms with Crippen LogP contribution in [0.4, 0.5) is 0 Å². The number of carbonyl (C=O) groups excluding carboxylic acids is 3. The molecule has 9 heteroatoms. The number of aliphatic imine (C=N–C) groups is 3. The Balaban J connectivity index is 1.36. The topological polar surface area (TPSA) is 116 Å². The van der Waals surface area contributed by atoms with Gasteiger partial charge in [-0.1, -0.05) is 0 Å². The van der Waals surface area contributed by atoms with Crippen molar-refractivity contribution in [2.45, 2.75) is 26.7 Å². The monoisotopic (exact) mass is 568 g/mol. The van der Waals surface area contributed by atoms with Gasteiger partial charge in [0.05, 0.1) is 0 Å². The van der Waals surface area contributed by atoms with Crippen molar-refractivity contribution in [3.8, 4) is 0 Å². The van der Waals surface area contributed by atoms with Crippen molar-refractivity contribution >= 4 is 35.0 Å². The molecule has 0 bridgehead atoms. The van der Waals surface area contributed by atoms with E-state index in [0.717, 1.165) is 18.1 Å². The van der Waals surface area contributed by atoms with Crippen LogP contribution in [-0.4, -0.2) is 54.9 Å². The van der Waals surface area contributed by atoms with Crippen molar-refractivity contribution in [3.63, 3.8) is 0 Å². The lowest BCUT2D eigenvalue weighted by molar-refractivity contribution is 0.102. The number of carbonyl (C=O) groups is 3. The zero-order valence-electron chi connectivity index (χ0n) is 23.5. The predicted molar refractivity (Wildman–Crippen MR) is 155 cm³/mol. The molecule has 3 aliphatic carbocycles. The van der Waals surface area contributed by atoms with Crippen LogP contribution in [0.3, 0.4) is 0 Å². The molecule has 3 aromatic carbocycles. The maximum atomic E-state index is 14.3. The summed E-state index contributed by atoms with van der Waals surface area (Å²) in [6.07, 6.45) is 0. The molecule has 0 saturated heterocycles. The van der Waals surface area contributed by atoms with Gasteiger partial charge in [-0.3, -0.25) is 14.4 Å². The third kappa shape index (κ3) is 3.27. The second kappa shape index (κ2) is 8.34. The van der Waals surface area contributed by atoms with Gasteiger partial charge in [-0.2, -0.15) is 0 Å². The smallest absolute Gasteiger partial charge is 0.216 e. The number of ether oxygens (including phenoxy) is 3. The van der Waals surface area contributed by atoms with E-state index < -0.39 is 5.92 Å².